The van der Waals surface area contributed by atoms with Gasteiger partial charge in [0.25, 0.3) is 0 Å². The van der Waals surface area contributed by atoms with Crippen LogP contribution in [0.2, 0.25) is 0 Å². The predicted octanol–water partition coefficient (Wildman–Crippen LogP) is 17.2. The summed E-state index contributed by atoms with van der Waals surface area (Å²) >= 11 is 0. The minimum Gasteiger partial charge on any atom is -0.309 e. The number of rotatable bonds is 6. The molecule has 4 nitrogen and oxygen atoms in total. The van der Waals surface area contributed by atoms with Crippen molar-refractivity contribution in [1.29, 1.82) is 10.5 Å². The Bertz CT molecular complexity index is 4050. The molecule has 0 saturated carbocycles. The molecule has 0 aliphatic carbocycles. The van der Waals surface area contributed by atoms with Gasteiger partial charge in [-0.2, -0.15) is 23.7 Å². The number of alkyl halides is 3. The van der Waals surface area contributed by atoms with Crippen molar-refractivity contribution in [1.82, 2.24) is 9.13 Å². The number of benzene rings is 9. The number of fused-ring (bicyclic) bond motifs is 6. The fraction of sp³-hybridized carbons (Fsp3) is 0.111. The maximum atomic E-state index is 15.0. The zero-order valence-corrected chi connectivity index (χ0v) is 39.5. The summed E-state index contributed by atoms with van der Waals surface area (Å²) in [5.74, 6) is 0. The molecule has 0 aliphatic rings. The normalized spacial score (nSPS) is 11.8. The minimum atomic E-state index is -4.74. The molecule has 0 atom stereocenters. The van der Waals surface area contributed by atoms with Crippen LogP contribution in [0.5, 0.6) is 0 Å². The van der Waals surface area contributed by atoms with Crippen LogP contribution in [-0.4, -0.2) is 9.13 Å². The number of para-hydroxylation sites is 2. The second-order valence-electron chi connectivity index (χ2n) is 18.7. The number of hydrogen-bond donors (Lipinski definition) is 0. The van der Waals surface area contributed by atoms with Crippen LogP contribution in [0.25, 0.3) is 99.5 Å². The number of hydrogen-bond acceptors (Lipinski definition) is 2. The van der Waals surface area contributed by atoms with Gasteiger partial charge in [-0.25, -0.2) is 0 Å². The Labute approximate surface area is 404 Å². The molecule has 0 N–H and O–H groups in total. The van der Waals surface area contributed by atoms with E-state index in [9.17, 15) is 10.5 Å². The topological polar surface area (TPSA) is 57.4 Å². The Morgan fingerprint density at radius 2 is 0.829 bits per heavy atom. The molecule has 9 aromatic carbocycles. The van der Waals surface area contributed by atoms with Gasteiger partial charge in [-0.15, -0.1) is 0 Å². The van der Waals surface area contributed by atoms with E-state index in [0.29, 0.717) is 22.4 Å². The maximum Gasteiger partial charge on any atom is 0.417 e. The minimum absolute atomic E-state index is 0.0454. The number of halogens is 3. The third-order valence-electron chi connectivity index (χ3n) is 13.9. The van der Waals surface area contributed by atoms with Gasteiger partial charge in [0.2, 0.25) is 0 Å². The van der Waals surface area contributed by atoms with Gasteiger partial charge in [0.15, 0.2) is 0 Å². The van der Waals surface area contributed by atoms with Crippen LogP contribution in [0.3, 0.4) is 0 Å². The molecular weight excluding hydrogens is 870 g/mol. The maximum absolute atomic E-state index is 15.0. The molecule has 0 fully saturated rings. The van der Waals surface area contributed by atoms with E-state index in [4.69, 9.17) is 0 Å². The smallest absolute Gasteiger partial charge is 0.309 e. The van der Waals surface area contributed by atoms with E-state index in [1.165, 1.54) is 51.1 Å². The summed E-state index contributed by atoms with van der Waals surface area (Å²) < 4.78 is 49.4. The number of nitrogens with zero attached hydrogens (tertiary/aromatic N) is 4. The van der Waals surface area contributed by atoms with Crippen molar-refractivity contribution in [2.45, 2.75) is 47.7 Å². The van der Waals surface area contributed by atoms with Crippen LogP contribution < -0.4 is 0 Å². The van der Waals surface area contributed by atoms with Crippen LogP contribution in [0.15, 0.2) is 164 Å². The van der Waals surface area contributed by atoms with Gasteiger partial charge >= 0.3 is 6.18 Å². The van der Waals surface area contributed by atoms with E-state index >= 15 is 13.2 Å². The van der Waals surface area contributed by atoms with Crippen molar-refractivity contribution in [2.75, 3.05) is 0 Å². The van der Waals surface area contributed by atoms with E-state index in [0.717, 1.165) is 77.6 Å². The number of aryl methyl sites for hydroxylation is 6. The number of aromatic nitrogens is 2. The zero-order chi connectivity index (χ0) is 48.7. The van der Waals surface area contributed by atoms with Gasteiger partial charge in [-0.3, -0.25) is 0 Å². The molecule has 11 aromatic rings. The van der Waals surface area contributed by atoms with Gasteiger partial charge in [0.05, 0.1) is 62.3 Å². The average molecular weight is 915 g/mol. The molecule has 70 heavy (non-hydrogen) atoms. The Morgan fingerprint density at radius 3 is 1.34 bits per heavy atom. The van der Waals surface area contributed by atoms with Crippen molar-refractivity contribution in [2.24, 2.45) is 0 Å². The Morgan fingerprint density at radius 1 is 0.386 bits per heavy atom. The first-order chi connectivity index (χ1) is 33.7. The van der Waals surface area contributed by atoms with Crippen molar-refractivity contribution < 1.29 is 13.2 Å². The first-order valence-electron chi connectivity index (χ1n) is 23.3. The molecule has 0 radical (unpaired) electrons. The Balaban J connectivity index is 1.23. The van der Waals surface area contributed by atoms with Gasteiger partial charge < -0.3 is 9.13 Å². The lowest BCUT2D eigenvalue weighted by atomic mass is 9.92. The van der Waals surface area contributed by atoms with Crippen LogP contribution in [0, 0.1) is 64.2 Å². The molecule has 2 heterocycles. The quantitative estimate of drug-likeness (QED) is 0.167. The molecule has 7 heteroatoms. The molecular formula is C63H45F3N4. The van der Waals surface area contributed by atoms with E-state index < -0.39 is 11.7 Å². The second-order valence-corrected chi connectivity index (χ2v) is 18.7. The molecule has 2 aromatic heterocycles. The highest BCUT2D eigenvalue weighted by molar-refractivity contribution is 6.13. The molecule has 338 valence electrons. The van der Waals surface area contributed by atoms with Crippen molar-refractivity contribution >= 4 is 43.6 Å². The lowest BCUT2D eigenvalue weighted by Gasteiger charge is -2.21. The molecule has 0 saturated heterocycles. The van der Waals surface area contributed by atoms with Gasteiger partial charge in [-0.1, -0.05) is 102 Å². The monoisotopic (exact) mass is 914 g/mol. The van der Waals surface area contributed by atoms with E-state index in [1.54, 1.807) is 6.07 Å². The molecule has 0 spiro atoms. The first-order valence-corrected chi connectivity index (χ1v) is 23.3. The number of nitriles is 2. The Hall–Kier alpha value is -8.65. The SMILES string of the molecule is Cc1cc(C)c(-c2ccc3c(c2)c2ccccc2n3-c2ccc(C#N)cc2-c2ccc(-c3ccc(C#N)cc3C(F)(F)F)cc2-n2c3ccccc3c3cc(-c4c(C)cc(C)cc4C)ccc32)c(C)c1. The van der Waals surface area contributed by atoms with Crippen LogP contribution in [0.1, 0.15) is 50.1 Å². The summed E-state index contributed by atoms with van der Waals surface area (Å²) in [7, 11) is 0. The van der Waals surface area contributed by atoms with Gasteiger partial charge in [-0.05, 0) is 170 Å². The second kappa shape index (κ2) is 16.5. The van der Waals surface area contributed by atoms with Crippen LogP contribution in [-0.2, 0) is 6.18 Å². The van der Waals surface area contributed by atoms with Crippen LogP contribution >= 0.6 is 0 Å². The largest absolute Gasteiger partial charge is 0.417 e. The summed E-state index contributed by atoms with van der Waals surface area (Å²) in [5, 5.41) is 24.3. The summed E-state index contributed by atoms with van der Waals surface area (Å²) in [5.41, 5.74) is 18.0. The molecule has 0 unspecified atom stereocenters. The van der Waals surface area contributed by atoms with Crippen LogP contribution in [0.4, 0.5) is 13.2 Å². The van der Waals surface area contributed by atoms with Gasteiger partial charge in [0.1, 0.15) is 0 Å². The summed E-state index contributed by atoms with van der Waals surface area (Å²) in [6.45, 7) is 12.8. The molecule has 0 amide bonds. The average Bonchev–Trinajstić information content (AvgIpc) is 3.84. The summed E-state index contributed by atoms with van der Waals surface area (Å²) in [6.07, 6.45) is -4.74. The molecule has 0 aliphatic heterocycles. The van der Waals surface area contributed by atoms with Crippen molar-refractivity contribution in [3.63, 3.8) is 0 Å². The summed E-state index contributed by atoms with van der Waals surface area (Å²) in [6, 6.07) is 57.5. The van der Waals surface area contributed by atoms with E-state index in [2.05, 4.69) is 136 Å². The first kappa shape index (κ1) is 43.9. The molecule has 0 bridgehead atoms. The van der Waals surface area contributed by atoms with E-state index in [1.807, 2.05) is 66.7 Å². The fourth-order valence-corrected chi connectivity index (χ4v) is 11.3. The van der Waals surface area contributed by atoms with Gasteiger partial charge in [0, 0.05) is 32.7 Å². The zero-order valence-electron chi connectivity index (χ0n) is 39.5. The third kappa shape index (κ3) is 7.13. The Kier molecular flexibility index (Phi) is 10.4. The van der Waals surface area contributed by atoms with E-state index in [-0.39, 0.29) is 11.1 Å². The lowest BCUT2D eigenvalue weighted by molar-refractivity contribution is -0.137. The highest BCUT2D eigenvalue weighted by atomic mass is 19.4. The fourth-order valence-electron chi connectivity index (χ4n) is 11.3. The third-order valence-corrected chi connectivity index (χ3v) is 13.9. The summed E-state index contributed by atoms with van der Waals surface area (Å²) in [4.78, 5) is 0. The molecule has 11 rings (SSSR count). The lowest BCUT2D eigenvalue weighted by Crippen LogP contribution is -2.08. The highest BCUT2D eigenvalue weighted by Crippen LogP contribution is 2.46. The standard InChI is InChI=1S/C63H45F3N4/c1-36-25-38(3)61(39(4)26-36)45-18-23-58-52(31-45)48-11-7-9-13-55(48)69(58)57-22-16-42(34-67)29-51(57)50-21-17-44(47-20-15-43(35-68)30-54(47)63(64,65)66)33-60(50)70-56-14-10-8-12-49(56)53-32-46(19-24-59(53)70)62-40(5)27-37(2)28-41(62)6/h7-33H,1-6H3. The predicted molar refractivity (Wildman–Crippen MR) is 280 cm³/mol. The highest BCUT2D eigenvalue weighted by Gasteiger charge is 2.34. The van der Waals surface area contributed by atoms with Crippen molar-refractivity contribution in [3.05, 3.63) is 214 Å². The van der Waals surface area contributed by atoms with Crippen molar-refractivity contribution in [3.8, 4) is 68.0 Å².